The second-order valence-corrected chi connectivity index (χ2v) is 8.33. The fourth-order valence-electron chi connectivity index (χ4n) is 4.46. The number of aryl methyl sites for hydroxylation is 1. The van der Waals surface area contributed by atoms with E-state index in [4.69, 9.17) is 0 Å². The Balaban J connectivity index is 1.45. The molecule has 6 heteroatoms. The molecule has 27 heavy (non-hydrogen) atoms. The van der Waals surface area contributed by atoms with E-state index in [2.05, 4.69) is 9.97 Å². The molecule has 1 aromatic rings. The van der Waals surface area contributed by atoms with Gasteiger partial charge in [-0.05, 0) is 51.9 Å². The molecule has 1 aliphatic carbocycles. The van der Waals surface area contributed by atoms with Crippen molar-refractivity contribution in [1.29, 1.82) is 0 Å². The third-order valence-corrected chi connectivity index (χ3v) is 6.42. The number of carbonyl (C=O) groups excluding carboxylic acids is 2. The normalized spacial score (nSPS) is 23.8. The average molecular weight is 370 g/mol. The number of likely N-dealkylation sites (tertiary alicyclic amines) is 2. The molecule has 0 bridgehead atoms. The minimum Gasteiger partial charge on any atom is -0.342 e. The molecule has 3 aliphatic rings. The molecule has 3 fully saturated rings. The van der Waals surface area contributed by atoms with Gasteiger partial charge in [0, 0.05) is 44.2 Å². The summed E-state index contributed by atoms with van der Waals surface area (Å²) in [5.41, 5.74) is 1.39. The number of nitrogens with zero attached hydrogens (tertiary/aromatic N) is 4. The van der Waals surface area contributed by atoms with Gasteiger partial charge in [-0.2, -0.15) is 0 Å². The first-order valence-electron chi connectivity index (χ1n) is 10.5. The lowest BCUT2D eigenvalue weighted by atomic mass is 9.83. The number of aromatic nitrogens is 2. The van der Waals surface area contributed by atoms with Gasteiger partial charge in [-0.3, -0.25) is 9.59 Å². The molecule has 1 aromatic heterocycles. The number of rotatable bonds is 3. The van der Waals surface area contributed by atoms with Gasteiger partial charge in [-0.25, -0.2) is 9.97 Å². The van der Waals surface area contributed by atoms with Crippen molar-refractivity contribution in [2.24, 2.45) is 5.92 Å². The van der Waals surface area contributed by atoms with Gasteiger partial charge >= 0.3 is 0 Å². The zero-order valence-electron chi connectivity index (χ0n) is 16.3. The van der Waals surface area contributed by atoms with Crippen molar-refractivity contribution in [2.45, 2.75) is 64.2 Å². The van der Waals surface area contributed by atoms with Crippen LogP contribution in [0.3, 0.4) is 0 Å². The molecular weight excluding hydrogens is 340 g/mol. The van der Waals surface area contributed by atoms with E-state index in [9.17, 15) is 9.59 Å². The standard InChI is InChI=1S/C21H30N4O2/c1-15-18(21(27)24-10-3-2-4-11-24)13-22-19(23-15)17-9-6-12-25(14-17)20(26)16-7-5-8-16/h13,16-17H,2-12,14H2,1H3/t17-/m1/s1. The second-order valence-electron chi connectivity index (χ2n) is 8.33. The van der Waals surface area contributed by atoms with E-state index in [1.807, 2.05) is 16.7 Å². The predicted molar refractivity (Wildman–Crippen MR) is 102 cm³/mol. The van der Waals surface area contributed by atoms with Crippen molar-refractivity contribution < 1.29 is 9.59 Å². The van der Waals surface area contributed by atoms with Gasteiger partial charge in [0.25, 0.3) is 5.91 Å². The molecule has 6 nitrogen and oxygen atoms in total. The first kappa shape index (κ1) is 18.4. The summed E-state index contributed by atoms with van der Waals surface area (Å²) in [6.45, 7) is 5.15. The quantitative estimate of drug-likeness (QED) is 0.820. The summed E-state index contributed by atoms with van der Waals surface area (Å²) in [4.78, 5) is 38.5. The van der Waals surface area contributed by atoms with Crippen molar-refractivity contribution in [3.63, 3.8) is 0 Å². The van der Waals surface area contributed by atoms with Crippen LogP contribution in [0.1, 0.15) is 79.2 Å². The summed E-state index contributed by atoms with van der Waals surface area (Å²) in [5.74, 6) is 1.59. The first-order chi connectivity index (χ1) is 13.1. The number of piperidine rings is 2. The summed E-state index contributed by atoms with van der Waals surface area (Å²) in [6, 6.07) is 0. The Hall–Kier alpha value is -1.98. The third-order valence-electron chi connectivity index (χ3n) is 6.42. The molecule has 3 heterocycles. The van der Waals surface area contributed by atoms with Crippen LogP contribution in [-0.2, 0) is 4.79 Å². The zero-order valence-corrected chi connectivity index (χ0v) is 16.3. The van der Waals surface area contributed by atoms with Gasteiger partial charge in [0.2, 0.25) is 5.91 Å². The van der Waals surface area contributed by atoms with Crippen LogP contribution < -0.4 is 0 Å². The number of hydrogen-bond acceptors (Lipinski definition) is 4. The average Bonchev–Trinajstić information content (AvgIpc) is 2.67. The van der Waals surface area contributed by atoms with Gasteiger partial charge in [-0.1, -0.05) is 6.42 Å². The molecule has 2 amide bonds. The number of hydrogen-bond donors (Lipinski definition) is 0. The van der Waals surface area contributed by atoms with Crippen molar-refractivity contribution in [3.05, 3.63) is 23.3 Å². The van der Waals surface area contributed by atoms with Crippen LogP contribution >= 0.6 is 0 Å². The second kappa shape index (κ2) is 7.95. The van der Waals surface area contributed by atoms with Gasteiger partial charge in [0.1, 0.15) is 5.82 Å². The number of amides is 2. The lowest BCUT2D eigenvalue weighted by Gasteiger charge is -2.36. The van der Waals surface area contributed by atoms with E-state index in [-0.39, 0.29) is 17.7 Å². The van der Waals surface area contributed by atoms with Gasteiger partial charge in [0.15, 0.2) is 0 Å². The molecule has 2 aliphatic heterocycles. The van der Waals surface area contributed by atoms with E-state index in [1.165, 1.54) is 12.8 Å². The maximum atomic E-state index is 12.8. The molecule has 0 radical (unpaired) electrons. The SMILES string of the molecule is Cc1nc([C@@H]2CCCN(C(=O)C3CCC3)C2)ncc1C(=O)N1CCCCC1. The molecule has 1 atom stereocenters. The highest BCUT2D eigenvalue weighted by molar-refractivity contribution is 5.95. The third kappa shape index (κ3) is 3.85. The van der Waals surface area contributed by atoms with Crippen molar-refractivity contribution in [2.75, 3.05) is 26.2 Å². The van der Waals surface area contributed by atoms with E-state index in [1.54, 1.807) is 6.20 Å². The summed E-state index contributed by atoms with van der Waals surface area (Å²) in [7, 11) is 0. The van der Waals surface area contributed by atoms with Gasteiger partial charge in [-0.15, -0.1) is 0 Å². The fraction of sp³-hybridized carbons (Fsp3) is 0.714. The summed E-state index contributed by atoms with van der Waals surface area (Å²) in [5, 5.41) is 0. The van der Waals surface area contributed by atoms with Crippen LogP contribution in [0.15, 0.2) is 6.20 Å². The first-order valence-corrected chi connectivity index (χ1v) is 10.5. The topological polar surface area (TPSA) is 66.4 Å². The lowest BCUT2D eigenvalue weighted by Crippen LogP contribution is -2.44. The molecule has 4 rings (SSSR count). The van der Waals surface area contributed by atoms with Gasteiger partial charge < -0.3 is 9.80 Å². The highest BCUT2D eigenvalue weighted by Gasteiger charge is 2.33. The Kier molecular flexibility index (Phi) is 5.41. The Morgan fingerprint density at radius 1 is 0.963 bits per heavy atom. The lowest BCUT2D eigenvalue weighted by molar-refractivity contribution is -0.139. The summed E-state index contributed by atoms with van der Waals surface area (Å²) in [6.07, 6.45) is 10.4. The molecule has 0 aromatic carbocycles. The van der Waals surface area contributed by atoms with Gasteiger partial charge in [0.05, 0.1) is 11.3 Å². The molecule has 0 spiro atoms. The van der Waals surface area contributed by atoms with Crippen LogP contribution in [0.25, 0.3) is 0 Å². The summed E-state index contributed by atoms with van der Waals surface area (Å²) < 4.78 is 0. The van der Waals surface area contributed by atoms with Crippen LogP contribution in [0.5, 0.6) is 0 Å². The largest absolute Gasteiger partial charge is 0.342 e. The van der Waals surface area contributed by atoms with E-state index in [0.717, 1.165) is 69.7 Å². The highest BCUT2D eigenvalue weighted by Crippen LogP contribution is 2.32. The minimum absolute atomic E-state index is 0.0594. The molecule has 2 saturated heterocycles. The van der Waals surface area contributed by atoms with Crippen LogP contribution in [-0.4, -0.2) is 57.8 Å². The molecule has 0 unspecified atom stereocenters. The maximum absolute atomic E-state index is 12.8. The fourth-order valence-corrected chi connectivity index (χ4v) is 4.46. The van der Waals surface area contributed by atoms with Crippen molar-refractivity contribution in [3.8, 4) is 0 Å². The number of carbonyl (C=O) groups is 2. The highest BCUT2D eigenvalue weighted by atomic mass is 16.2. The Labute approximate surface area is 161 Å². The smallest absolute Gasteiger partial charge is 0.257 e. The van der Waals surface area contributed by atoms with E-state index in [0.29, 0.717) is 18.0 Å². The van der Waals surface area contributed by atoms with Crippen molar-refractivity contribution in [1.82, 2.24) is 19.8 Å². The van der Waals surface area contributed by atoms with Crippen LogP contribution in [0.4, 0.5) is 0 Å². The van der Waals surface area contributed by atoms with Crippen LogP contribution in [0, 0.1) is 12.8 Å². The van der Waals surface area contributed by atoms with E-state index < -0.39 is 0 Å². The molecule has 146 valence electrons. The minimum atomic E-state index is 0.0594. The monoisotopic (exact) mass is 370 g/mol. The van der Waals surface area contributed by atoms with Crippen molar-refractivity contribution >= 4 is 11.8 Å². The maximum Gasteiger partial charge on any atom is 0.257 e. The van der Waals surface area contributed by atoms with E-state index >= 15 is 0 Å². The Morgan fingerprint density at radius 3 is 2.37 bits per heavy atom. The summed E-state index contributed by atoms with van der Waals surface area (Å²) >= 11 is 0. The van der Waals surface area contributed by atoms with Crippen LogP contribution in [0.2, 0.25) is 0 Å². The zero-order chi connectivity index (χ0) is 18.8. The Bertz CT molecular complexity index is 710. The molecular formula is C21H30N4O2. The molecule has 1 saturated carbocycles. The molecule has 0 N–H and O–H groups in total. The predicted octanol–water partition coefficient (Wildman–Crippen LogP) is 2.92. The Morgan fingerprint density at radius 2 is 1.70 bits per heavy atom.